The van der Waals surface area contributed by atoms with Crippen LogP contribution in [-0.4, -0.2) is 6.54 Å². The minimum atomic E-state index is -4.23. The lowest BCUT2D eigenvalue weighted by molar-refractivity contribution is -0.137. The first-order valence-corrected chi connectivity index (χ1v) is 4.98. The maximum Gasteiger partial charge on any atom is 0.416 e. The Bertz CT molecular complexity index is 328. The molecule has 0 aliphatic carbocycles. The lowest BCUT2D eigenvalue weighted by Gasteiger charge is -2.12. The molecular weight excluding hydrogens is 239 g/mol. The van der Waals surface area contributed by atoms with Crippen LogP contribution in [0.4, 0.5) is 13.2 Å². The van der Waals surface area contributed by atoms with Crippen molar-refractivity contribution < 1.29 is 13.2 Å². The molecule has 1 heterocycles. The molecule has 1 saturated heterocycles. The summed E-state index contributed by atoms with van der Waals surface area (Å²) in [5.74, 6) is 0. The van der Waals surface area contributed by atoms with Crippen LogP contribution in [0.3, 0.4) is 0 Å². The highest BCUT2D eigenvalue weighted by Crippen LogP contribution is 2.31. The van der Waals surface area contributed by atoms with Gasteiger partial charge in [-0.1, -0.05) is 12.1 Å². The van der Waals surface area contributed by atoms with Gasteiger partial charge in [-0.25, -0.2) is 0 Å². The lowest BCUT2D eigenvalue weighted by Crippen LogP contribution is -2.13. The van der Waals surface area contributed by atoms with Gasteiger partial charge in [-0.2, -0.15) is 13.2 Å². The average Bonchev–Trinajstić information content (AvgIpc) is 2.69. The normalized spacial score (nSPS) is 20.6. The summed E-state index contributed by atoms with van der Waals surface area (Å²) in [6.07, 6.45) is -2.14. The van der Waals surface area contributed by atoms with E-state index in [4.69, 9.17) is 0 Å². The van der Waals surface area contributed by atoms with Crippen LogP contribution < -0.4 is 5.32 Å². The molecule has 2 rings (SSSR count). The van der Waals surface area contributed by atoms with Gasteiger partial charge in [0.2, 0.25) is 0 Å². The Morgan fingerprint density at radius 3 is 2.19 bits per heavy atom. The maximum atomic E-state index is 12.3. The Balaban J connectivity index is 0.00000128. The third kappa shape index (κ3) is 2.89. The zero-order valence-electron chi connectivity index (χ0n) is 8.55. The third-order valence-electron chi connectivity index (χ3n) is 2.70. The first-order chi connectivity index (χ1) is 7.07. The fraction of sp³-hybridized carbons (Fsp3) is 0.455. The first-order valence-electron chi connectivity index (χ1n) is 4.98. The Morgan fingerprint density at radius 2 is 1.75 bits per heavy atom. The molecule has 1 N–H and O–H groups in total. The van der Waals surface area contributed by atoms with Crippen LogP contribution >= 0.6 is 12.4 Å². The molecule has 1 aromatic carbocycles. The van der Waals surface area contributed by atoms with E-state index in [2.05, 4.69) is 5.32 Å². The summed E-state index contributed by atoms with van der Waals surface area (Å²) in [7, 11) is 0. The minimum absolute atomic E-state index is 0. The van der Waals surface area contributed by atoms with Gasteiger partial charge in [0.25, 0.3) is 0 Å². The number of halogens is 4. The summed E-state index contributed by atoms with van der Waals surface area (Å²) >= 11 is 0. The van der Waals surface area contributed by atoms with Gasteiger partial charge in [0, 0.05) is 6.04 Å². The number of alkyl halides is 3. The van der Waals surface area contributed by atoms with E-state index < -0.39 is 11.7 Å². The van der Waals surface area contributed by atoms with Gasteiger partial charge in [-0.05, 0) is 37.1 Å². The van der Waals surface area contributed by atoms with Crippen LogP contribution in [0.5, 0.6) is 0 Å². The predicted molar refractivity (Wildman–Crippen MR) is 58.7 cm³/mol. The van der Waals surface area contributed by atoms with E-state index in [0.29, 0.717) is 0 Å². The highest BCUT2D eigenvalue weighted by atomic mass is 35.5. The summed E-state index contributed by atoms with van der Waals surface area (Å²) in [6, 6.07) is 5.65. The second-order valence-electron chi connectivity index (χ2n) is 3.77. The fourth-order valence-corrected chi connectivity index (χ4v) is 1.87. The fourth-order valence-electron chi connectivity index (χ4n) is 1.87. The molecule has 0 spiro atoms. The Morgan fingerprint density at radius 1 is 1.12 bits per heavy atom. The molecule has 0 amide bonds. The topological polar surface area (TPSA) is 12.0 Å². The van der Waals surface area contributed by atoms with Crippen molar-refractivity contribution in [1.29, 1.82) is 0 Å². The van der Waals surface area contributed by atoms with Crippen LogP contribution in [0.15, 0.2) is 24.3 Å². The Labute approximate surface area is 98.4 Å². The summed E-state index contributed by atoms with van der Waals surface area (Å²) < 4.78 is 36.8. The second kappa shape index (κ2) is 5.06. The molecule has 0 radical (unpaired) electrons. The minimum Gasteiger partial charge on any atom is -0.310 e. The molecule has 0 bridgehead atoms. The highest BCUT2D eigenvalue weighted by molar-refractivity contribution is 5.85. The Hall–Kier alpha value is -0.740. The molecule has 1 fully saturated rings. The number of nitrogens with one attached hydrogen (secondary N) is 1. The van der Waals surface area contributed by atoms with Crippen molar-refractivity contribution in [2.75, 3.05) is 6.54 Å². The van der Waals surface area contributed by atoms with Crippen molar-refractivity contribution >= 4 is 12.4 Å². The van der Waals surface area contributed by atoms with Crippen molar-refractivity contribution in [3.05, 3.63) is 35.4 Å². The number of benzene rings is 1. The van der Waals surface area contributed by atoms with E-state index in [1.807, 2.05) is 0 Å². The molecule has 1 aliphatic heterocycles. The molecule has 0 saturated carbocycles. The van der Waals surface area contributed by atoms with Crippen molar-refractivity contribution in [1.82, 2.24) is 5.32 Å². The molecule has 1 aromatic rings. The van der Waals surface area contributed by atoms with Crippen LogP contribution in [0.1, 0.15) is 30.0 Å². The second-order valence-corrected chi connectivity index (χ2v) is 3.77. The molecule has 1 aliphatic rings. The van der Waals surface area contributed by atoms with Gasteiger partial charge >= 0.3 is 6.18 Å². The van der Waals surface area contributed by atoms with Crippen LogP contribution in [0.2, 0.25) is 0 Å². The van der Waals surface area contributed by atoms with Gasteiger partial charge in [0.15, 0.2) is 0 Å². The largest absolute Gasteiger partial charge is 0.416 e. The number of rotatable bonds is 1. The number of hydrogen-bond donors (Lipinski definition) is 1. The summed E-state index contributed by atoms with van der Waals surface area (Å²) in [5.41, 5.74) is 0.366. The van der Waals surface area contributed by atoms with Gasteiger partial charge in [0.1, 0.15) is 0 Å². The maximum absolute atomic E-state index is 12.3. The molecule has 0 aromatic heterocycles. The molecule has 1 atom stereocenters. The van der Waals surface area contributed by atoms with E-state index in [0.717, 1.165) is 37.1 Å². The summed E-state index contributed by atoms with van der Waals surface area (Å²) in [4.78, 5) is 0. The van der Waals surface area contributed by atoms with Gasteiger partial charge in [0.05, 0.1) is 5.56 Å². The van der Waals surface area contributed by atoms with Gasteiger partial charge < -0.3 is 5.32 Å². The number of hydrogen-bond acceptors (Lipinski definition) is 1. The first kappa shape index (κ1) is 13.3. The quantitative estimate of drug-likeness (QED) is 0.805. The average molecular weight is 252 g/mol. The van der Waals surface area contributed by atoms with Crippen molar-refractivity contribution in [3.63, 3.8) is 0 Å². The molecule has 1 nitrogen and oxygen atoms in total. The van der Waals surface area contributed by atoms with Crippen LogP contribution in [0, 0.1) is 0 Å². The van der Waals surface area contributed by atoms with Crippen molar-refractivity contribution in [2.24, 2.45) is 0 Å². The molecule has 90 valence electrons. The van der Waals surface area contributed by atoms with E-state index >= 15 is 0 Å². The van der Waals surface area contributed by atoms with Gasteiger partial charge in [-0.15, -0.1) is 12.4 Å². The molecule has 0 unspecified atom stereocenters. The zero-order chi connectivity index (χ0) is 10.9. The molecule has 5 heteroatoms. The summed E-state index contributed by atoms with van der Waals surface area (Å²) in [6.45, 7) is 0.950. The lowest BCUT2D eigenvalue weighted by atomic mass is 10.0. The van der Waals surface area contributed by atoms with Gasteiger partial charge in [-0.3, -0.25) is 0 Å². The summed E-state index contributed by atoms with van der Waals surface area (Å²) in [5, 5.41) is 3.25. The van der Waals surface area contributed by atoms with E-state index in [1.165, 1.54) is 0 Å². The van der Waals surface area contributed by atoms with E-state index in [1.54, 1.807) is 12.1 Å². The standard InChI is InChI=1S/C11H12F3N.ClH/c12-11(13,14)9-5-3-8(4-6-9)10-2-1-7-15-10;/h3-6,10,15H,1-2,7H2;1H/t10-;/m1./s1. The van der Waals surface area contributed by atoms with Crippen LogP contribution in [-0.2, 0) is 6.18 Å². The highest BCUT2D eigenvalue weighted by Gasteiger charge is 2.30. The molecular formula is C11H13ClF3N. The third-order valence-corrected chi connectivity index (χ3v) is 2.70. The van der Waals surface area contributed by atoms with E-state index in [-0.39, 0.29) is 18.4 Å². The van der Waals surface area contributed by atoms with Crippen LogP contribution in [0.25, 0.3) is 0 Å². The van der Waals surface area contributed by atoms with E-state index in [9.17, 15) is 13.2 Å². The zero-order valence-corrected chi connectivity index (χ0v) is 9.37. The molecule has 16 heavy (non-hydrogen) atoms. The van der Waals surface area contributed by atoms with Crippen molar-refractivity contribution in [3.8, 4) is 0 Å². The smallest absolute Gasteiger partial charge is 0.310 e. The Kier molecular flexibility index (Phi) is 4.21. The predicted octanol–water partition coefficient (Wildman–Crippen LogP) is 3.55. The van der Waals surface area contributed by atoms with Crippen molar-refractivity contribution in [2.45, 2.75) is 25.1 Å². The SMILES string of the molecule is Cl.FC(F)(F)c1ccc([C@H]2CCCN2)cc1. The monoisotopic (exact) mass is 251 g/mol.